The number of rotatable bonds is 5. The molecule has 98 valence electrons. The lowest BCUT2D eigenvalue weighted by molar-refractivity contribution is 0.1000. The van der Waals surface area contributed by atoms with E-state index < -0.39 is 5.91 Å². The molecular formula is C13H18ClN3O. The summed E-state index contributed by atoms with van der Waals surface area (Å²) in [5, 5.41) is 3.87. The first-order chi connectivity index (χ1) is 8.61. The monoisotopic (exact) mass is 267 g/mol. The van der Waals surface area contributed by atoms with Gasteiger partial charge in [0, 0.05) is 36.3 Å². The van der Waals surface area contributed by atoms with Crippen LogP contribution in [0.2, 0.25) is 5.02 Å². The van der Waals surface area contributed by atoms with Gasteiger partial charge in [0.1, 0.15) is 0 Å². The van der Waals surface area contributed by atoms with Crippen LogP contribution in [0.3, 0.4) is 0 Å². The van der Waals surface area contributed by atoms with Gasteiger partial charge in [-0.3, -0.25) is 9.69 Å². The second kappa shape index (κ2) is 5.69. The Morgan fingerprint density at radius 2 is 2.28 bits per heavy atom. The molecule has 1 saturated heterocycles. The molecule has 1 aromatic rings. The maximum atomic E-state index is 11.1. The summed E-state index contributed by atoms with van der Waals surface area (Å²) in [6.07, 6.45) is 0. The highest BCUT2D eigenvalue weighted by Crippen LogP contribution is 2.21. The van der Waals surface area contributed by atoms with Crippen molar-refractivity contribution in [2.75, 3.05) is 19.6 Å². The number of amides is 1. The number of likely N-dealkylation sites (N-methyl/N-ethyl adjacent to an activating group) is 1. The molecule has 3 N–H and O–H groups in total. The summed E-state index contributed by atoms with van der Waals surface area (Å²) in [7, 11) is 0. The summed E-state index contributed by atoms with van der Waals surface area (Å²) < 4.78 is 0. The van der Waals surface area contributed by atoms with E-state index in [0.29, 0.717) is 16.6 Å². The predicted molar refractivity (Wildman–Crippen MR) is 72.7 cm³/mol. The number of benzene rings is 1. The topological polar surface area (TPSA) is 58.4 Å². The number of carbonyl (C=O) groups is 1. The van der Waals surface area contributed by atoms with Crippen molar-refractivity contribution in [2.24, 2.45) is 5.73 Å². The van der Waals surface area contributed by atoms with Gasteiger partial charge in [0.2, 0.25) is 5.91 Å². The lowest BCUT2D eigenvalue weighted by Gasteiger charge is -2.37. The van der Waals surface area contributed by atoms with Crippen LogP contribution in [-0.2, 0) is 6.54 Å². The predicted octanol–water partition coefficient (Wildman–Crippen LogP) is 1.23. The third-order valence-corrected chi connectivity index (χ3v) is 3.75. The summed E-state index contributed by atoms with van der Waals surface area (Å²) >= 11 is 6.19. The standard InChI is InChI=1S/C13H18ClN3O/c1-2-17(11-6-16-7-11)8-10-4-3-9(13(15)18)5-12(10)14/h3-5,11,16H,2,6-8H2,1H3,(H2,15,18). The molecule has 1 aliphatic heterocycles. The van der Waals surface area contributed by atoms with Gasteiger partial charge in [0.05, 0.1) is 0 Å². The summed E-state index contributed by atoms with van der Waals surface area (Å²) in [6.45, 7) is 6.00. The largest absolute Gasteiger partial charge is 0.366 e. The van der Waals surface area contributed by atoms with Crippen LogP contribution in [-0.4, -0.2) is 36.5 Å². The van der Waals surface area contributed by atoms with Crippen molar-refractivity contribution in [3.05, 3.63) is 34.3 Å². The van der Waals surface area contributed by atoms with E-state index in [2.05, 4.69) is 17.1 Å². The van der Waals surface area contributed by atoms with Gasteiger partial charge in [-0.15, -0.1) is 0 Å². The van der Waals surface area contributed by atoms with Crippen molar-refractivity contribution in [1.29, 1.82) is 0 Å². The van der Waals surface area contributed by atoms with Crippen molar-refractivity contribution in [2.45, 2.75) is 19.5 Å². The van der Waals surface area contributed by atoms with Crippen molar-refractivity contribution in [1.82, 2.24) is 10.2 Å². The van der Waals surface area contributed by atoms with E-state index in [9.17, 15) is 4.79 Å². The third kappa shape index (κ3) is 2.83. The van der Waals surface area contributed by atoms with Crippen LogP contribution in [0.4, 0.5) is 0 Å². The second-order valence-corrected chi connectivity index (χ2v) is 4.95. The zero-order valence-electron chi connectivity index (χ0n) is 10.4. The zero-order chi connectivity index (χ0) is 13.1. The first-order valence-corrected chi connectivity index (χ1v) is 6.52. The van der Waals surface area contributed by atoms with Crippen LogP contribution < -0.4 is 11.1 Å². The summed E-state index contributed by atoms with van der Waals surface area (Å²) in [6, 6.07) is 5.85. The molecule has 1 aliphatic rings. The number of nitrogens with two attached hydrogens (primary N) is 1. The van der Waals surface area contributed by atoms with E-state index in [1.54, 1.807) is 12.1 Å². The van der Waals surface area contributed by atoms with E-state index in [-0.39, 0.29) is 0 Å². The minimum absolute atomic E-state index is 0.445. The van der Waals surface area contributed by atoms with E-state index in [0.717, 1.165) is 31.7 Å². The first-order valence-electron chi connectivity index (χ1n) is 6.14. The van der Waals surface area contributed by atoms with Crippen molar-refractivity contribution < 1.29 is 4.79 Å². The minimum atomic E-state index is -0.445. The lowest BCUT2D eigenvalue weighted by atomic mass is 10.1. The van der Waals surface area contributed by atoms with E-state index in [4.69, 9.17) is 17.3 Å². The number of halogens is 1. The third-order valence-electron chi connectivity index (χ3n) is 3.39. The Labute approximate surface area is 112 Å². The molecule has 0 saturated carbocycles. The van der Waals surface area contributed by atoms with Crippen molar-refractivity contribution in [3.8, 4) is 0 Å². The van der Waals surface area contributed by atoms with Gasteiger partial charge in [0.15, 0.2) is 0 Å². The molecule has 2 rings (SSSR count). The Bertz CT molecular complexity index is 446. The number of hydrogen-bond donors (Lipinski definition) is 2. The van der Waals surface area contributed by atoms with Crippen molar-refractivity contribution >= 4 is 17.5 Å². The zero-order valence-corrected chi connectivity index (χ0v) is 11.2. The van der Waals surface area contributed by atoms with E-state index in [1.807, 2.05) is 6.07 Å². The fraction of sp³-hybridized carbons (Fsp3) is 0.462. The van der Waals surface area contributed by atoms with Gasteiger partial charge in [0.25, 0.3) is 0 Å². The highest BCUT2D eigenvalue weighted by molar-refractivity contribution is 6.31. The van der Waals surface area contributed by atoms with Crippen LogP contribution in [0, 0.1) is 0 Å². The minimum Gasteiger partial charge on any atom is -0.366 e. The normalized spacial score (nSPS) is 15.7. The second-order valence-electron chi connectivity index (χ2n) is 4.55. The first kappa shape index (κ1) is 13.3. The molecule has 1 aromatic carbocycles. The number of nitrogens with one attached hydrogen (secondary N) is 1. The Kier molecular flexibility index (Phi) is 4.22. The van der Waals surface area contributed by atoms with Gasteiger partial charge in [-0.05, 0) is 24.2 Å². The molecule has 4 nitrogen and oxygen atoms in total. The average molecular weight is 268 g/mol. The highest BCUT2D eigenvalue weighted by atomic mass is 35.5. The average Bonchev–Trinajstić information content (AvgIpc) is 2.27. The molecule has 5 heteroatoms. The molecule has 0 unspecified atom stereocenters. The van der Waals surface area contributed by atoms with Gasteiger partial charge in [-0.25, -0.2) is 0 Å². The smallest absolute Gasteiger partial charge is 0.248 e. The molecule has 1 heterocycles. The van der Waals surface area contributed by atoms with Crippen LogP contribution in [0.25, 0.3) is 0 Å². The number of carbonyl (C=O) groups excluding carboxylic acids is 1. The Morgan fingerprint density at radius 1 is 1.56 bits per heavy atom. The SMILES string of the molecule is CCN(Cc1ccc(C(N)=O)cc1Cl)C1CNC1. The number of nitrogens with zero attached hydrogens (tertiary/aromatic N) is 1. The van der Waals surface area contributed by atoms with Gasteiger partial charge < -0.3 is 11.1 Å². The molecule has 0 bridgehead atoms. The van der Waals surface area contributed by atoms with Crippen LogP contribution in [0.5, 0.6) is 0 Å². The van der Waals surface area contributed by atoms with Crippen molar-refractivity contribution in [3.63, 3.8) is 0 Å². The van der Waals surface area contributed by atoms with Gasteiger partial charge >= 0.3 is 0 Å². The van der Waals surface area contributed by atoms with E-state index in [1.165, 1.54) is 0 Å². The molecule has 0 aromatic heterocycles. The van der Waals surface area contributed by atoms with Crippen LogP contribution >= 0.6 is 11.6 Å². The van der Waals surface area contributed by atoms with Gasteiger partial charge in [-0.1, -0.05) is 24.6 Å². The molecule has 1 amide bonds. The van der Waals surface area contributed by atoms with E-state index >= 15 is 0 Å². The molecule has 18 heavy (non-hydrogen) atoms. The maximum absolute atomic E-state index is 11.1. The maximum Gasteiger partial charge on any atom is 0.248 e. The fourth-order valence-corrected chi connectivity index (χ4v) is 2.32. The highest BCUT2D eigenvalue weighted by Gasteiger charge is 2.23. The van der Waals surface area contributed by atoms with Crippen LogP contribution in [0.15, 0.2) is 18.2 Å². The number of primary amides is 1. The molecule has 0 aliphatic carbocycles. The summed E-state index contributed by atoms with van der Waals surface area (Å²) in [5.41, 5.74) is 6.72. The molecule has 0 radical (unpaired) electrons. The lowest BCUT2D eigenvalue weighted by Crippen LogP contribution is -2.56. The Hall–Kier alpha value is -1.10. The number of hydrogen-bond acceptors (Lipinski definition) is 3. The summed E-state index contributed by atoms with van der Waals surface area (Å²) in [5.74, 6) is -0.445. The molecule has 1 fully saturated rings. The molecular weight excluding hydrogens is 250 g/mol. The van der Waals surface area contributed by atoms with Gasteiger partial charge in [-0.2, -0.15) is 0 Å². The molecule has 0 spiro atoms. The Balaban J connectivity index is 2.10. The summed E-state index contributed by atoms with van der Waals surface area (Å²) in [4.78, 5) is 13.4. The fourth-order valence-electron chi connectivity index (χ4n) is 2.08. The van der Waals surface area contributed by atoms with Crippen LogP contribution in [0.1, 0.15) is 22.8 Å². The Morgan fingerprint density at radius 3 is 2.72 bits per heavy atom. The quantitative estimate of drug-likeness (QED) is 0.844. The molecule has 0 atom stereocenters.